The third-order valence-corrected chi connectivity index (χ3v) is 1.77. The van der Waals surface area contributed by atoms with E-state index in [-0.39, 0.29) is 12.6 Å². The van der Waals surface area contributed by atoms with Crippen molar-refractivity contribution in [2.45, 2.75) is 39.0 Å². The van der Waals surface area contributed by atoms with Crippen molar-refractivity contribution in [1.82, 2.24) is 9.55 Å². The van der Waals surface area contributed by atoms with Gasteiger partial charge in [0.1, 0.15) is 0 Å². The van der Waals surface area contributed by atoms with Crippen LogP contribution in [0.4, 0.5) is 19.1 Å². The molecule has 0 aliphatic rings. The number of hydrogen-bond donors (Lipinski definition) is 1. The lowest BCUT2D eigenvalue weighted by atomic mass is 10.4. The Bertz CT molecular complexity index is 304. The molecule has 0 bridgehead atoms. The minimum absolute atomic E-state index is 0.0987. The van der Waals surface area contributed by atoms with Crippen molar-refractivity contribution in [1.29, 1.82) is 0 Å². The van der Waals surface area contributed by atoms with Crippen LogP contribution in [-0.4, -0.2) is 21.8 Å². The molecular formula is C9H14F3N3. The summed E-state index contributed by atoms with van der Waals surface area (Å²) in [4.78, 5) is 3.94. The van der Waals surface area contributed by atoms with Crippen molar-refractivity contribution in [2.75, 3.05) is 5.32 Å². The van der Waals surface area contributed by atoms with Gasteiger partial charge in [-0.3, -0.25) is 0 Å². The lowest BCUT2D eigenvalue weighted by Crippen LogP contribution is -2.17. The first kappa shape index (κ1) is 11.9. The van der Waals surface area contributed by atoms with E-state index in [1.165, 1.54) is 17.0 Å². The van der Waals surface area contributed by atoms with Crippen molar-refractivity contribution in [3.8, 4) is 0 Å². The normalized spacial score (nSPS) is 12.1. The first-order chi connectivity index (χ1) is 6.88. The quantitative estimate of drug-likeness (QED) is 0.847. The molecule has 0 saturated carbocycles. The minimum Gasteiger partial charge on any atom is -0.353 e. The molecule has 0 amide bonds. The molecule has 15 heavy (non-hydrogen) atoms. The topological polar surface area (TPSA) is 29.9 Å². The van der Waals surface area contributed by atoms with Crippen LogP contribution in [0.1, 0.15) is 20.3 Å². The molecule has 86 valence electrons. The van der Waals surface area contributed by atoms with Crippen molar-refractivity contribution >= 4 is 5.95 Å². The number of hydrogen-bond acceptors (Lipinski definition) is 2. The summed E-state index contributed by atoms with van der Waals surface area (Å²) in [5.41, 5.74) is 0. The molecule has 1 heterocycles. The van der Waals surface area contributed by atoms with Gasteiger partial charge in [0.25, 0.3) is 0 Å². The second-order valence-electron chi connectivity index (χ2n) is 3.61. The zero-order valence-electron chi connectivity index (χ0n) is 8.67. The van der Waals surface area contributed by atoms with E-state index in [0.29, 0.717) is 5.95 Å². The van der Waals surface area contributed by atoms with E-state index in [1.807, 2.05) is 13.8 Å². The number of aryl methyl sites for hydroxylation is 1. The molecule has 0 aromatic carbocycles. The van der Waals surface area contributed by atoms with Crippen molar-refractivity contribution in [3.63, 3.8) is 0 Å². The number of rotatable bonds is 4. The van der Waals surface area contributed by atoms with Gasteiger partial charge in [-0.05, 0) is 13.8 Å². The molecule has 0 fully saturated rings. The Kier molecular flexibility index (Phi) is 3.60. The Hall–Kier alpha value is -1.20. The lowest BCUT2D eigenvalue weighted by Gasteiger charge is -2.13. The molecule has 3 nitrogen and oxygen atoms in total. The van der Waals surface area contributed by atoms with E-state index in [9.17, 15) is 13.2 Å². The third-order valence-electron chi connectivity index (χ3n) is 1.77. The summed E-state index contributed by atoms with van der Waals surface area (Å²) in [6.07, 6.45) is -1.94. The van der Waals surface area contributed by atoms with Gasteiger partial charge in [0, 0.05) is 25.0 Å². The molecule has 0 spiro atoms. The maximum absolute atomic E-state index is 12.0. The summed E-state index contributed by atoms with van der Waals surface area (Å²) in [5.74, 6) is 0.481. The average molecular weight is 221 g/mol. The largest absolute Gasteiger partial charge is 0.390 e. The van der Waals surface area contributed by atoms with Crippen LogP contribution in [0, 0.1) is 0 Å². The monoisotopic (exact) mass is 221 g/mol. The van der Waals surface area contributed by atoms with Gasteiger partial charge in [-0.25, -0.2) is 4.98 Å². The van der Waals surface area contributed by atoms with E-state index in [4.69, 9.17) is 0 Å². The minimum atomic E-state index is -4.13. The Morgan fingerprint density at radius 1 is 1.47 bits per heavy atom. The fourth-order valence-corrected chi connectivity index (χ4v) is 1.14. The first-order valence-electron chi connectivity index (χ1n) is 4.73. The molecule has 1 aromatic heterocycles. The second-order valence-corrected chi connectivity index (χ2v) is 3.61. The molecular weight excluding hydrogens is 207 g/mol. The number of nitrogens with one attached hydrogen (secondary N) is 1. The highest BCUT2D eigenvalue weighted by Gasteiger charge is 2.26. The summed E-state index contributed by atoms with van der Waals surface area (Å²) in [6.45, 7) is 3.71. The van der Waals surface area contributed by atoms with Gasteiger partial charge >= 0.3 is 6.18 Å². The summed E-state index contributed by atoms with van der Waals surface area (Å²) >= 11 is 0. The summed E-state index contributed by atoms with van der Waals surface area (Å²) < 4.78 is 37.4. The molecule has 0 aliphatic carbocycles. The Morgan fingerprint density at radius 2 is 2.13 bits per heavy atom. The van der Waals surface area contributed by atoms with Crippen LogP contribution < -0.4 is 5.32 Å². The van der Waals surface area contributed by atoms with Gasteiger partial charge in [0.2, 0.25) is 5.95 Å². The van der Waals surface area contributed by atoms with E-state index < -0.39 is 12.6 Å². The zero-order valence-corrected chi connectivity index (χ0v) is 8.67. The Labute approximate surface area is 86.3 Å². The highest BCUT2D eigenvalue weighted by atomic mass is 19.4. The molecule has 0 aliphatic heterocycles. The lowest BCUT2D eigenvalue weighted by molar-refractivity contribution is -0.136. The predicted molar refractivity (Wildman–Crippen MR) is 51.7 cm³/mol. The van der Waals surface area contributed by atoms with E-state index in [2.05, 4.69) is 10.3 Å². The van der Waals surface area contributed by atoms with Crippen LogP contribution in [0.3, 0.4) is 0 Å². The molecule has 1 aromatic rings. The van der Waals surface area contributed by atoms with Gasteiger partial charge in [0.05, 0.1) is 6.42 Å². The third kappa shape index (κ3) is 4.22. The highest BCUT2D eigenvalue weighted by molar-refractivity contribution is 5.26. The van der Waals surface area contributed by atoms with Crippen molar-refractivity contribution in [2.24, 2.45) is 0 Å². The maximum Gasteiger partial charge on any atom is 0.390 e. The van der Waals surface area contributed by atoms with Crippen LogP contribution in [-0.2, 0) is 6.54 Å². The summed E-state index contributed by atoms with van der Waals surface area (Å²) in [5, 5.41) is 2.97. The molecule has 0 atom stereocenters. The number of halogens is 3. The standard InChI is InChI=1S/C9H14F3N3/c1-7(2)14-8-13-4-6-15(8)5-3-9(10,11)12/h4,6-7H,3,5H2,1-2H3,(H,13,14). The van der Waals surface area contributed by atoms with Gasteiger partial charge < -0.3 is 9.88 Å². The summed E-state index contributed by atoms with van der Waals surface area (Å²) in [7, 11) is 0. The van der Waals surface area contributed by atoms with Crippen molar-refractivity contribution < 1.29 is 13.2 Å². The first-order valence-corrected chi connectivity index (χ1v) is 4.73. The molecule has 1 N–H and O–H groups in total. The van der Waals surface area contributed by atoms with Gasteiger partial charge in [-0.2, -0.15) is 13.2 Å². The molecule has 0 radical (unpaired) electrons. The van der Waals surface area contributed by atoms with Crippen LogP contribution in [0.2, 0.25) is 0 Å². The maximum atomic E-state index is 12.0. The van der Waals surface area contributed by atoms with E-state index >= 15 is 0 Å². The fraction of sp³-hybridized carbons (Fsp3) is 0.667. The van der Waals surface area contributed by atoms with Gasteiger partial charge in [0.15, 0.2) is 0 Å². The molecule has 6 heteroatoms. The van der Waals surface area contributed by atoms with Crippen LogP contribution in [0.15, 0.2) is 12.4 Å². The van der Waals surface area contributed by atoms with Crippen molar-refractivity contribution in [3.05, 3.63) is 12.4 Å². The zero-order chi connectivity index (χ0) is 11.5. The number of aromatic nitrogens is 2. The SMILES string of the molecule is CC(C)Nc1nccn1CCC(F)(F)F. The predicted octanol–water partition coefficient (Wildman–Crippen LogP) is 2.66. The van der Waals surface area contributed by atoms with E-state index in [0.717, 1.165) is 0 Å². The summed E-state index contributed by atoms with van der Waals surface area (Å²) in [6, 6.07) is 0.150. The number of alkyl halides is 3. The Balaban J connectivity index is 2.57. The molecule has 1 rings (SSSR count). The van der Waals surface area contributed by atoms with Crippen LogP contribution >= 0.6 is 0 Å². The molecule has 0 unspecified atom stereocenters. The fourth-order valence-electron chi connectivity index (χ4n) is 1.14. The molecule has 0 saturated heterocycles. The number of anilines is 1. The van der Waals surface area contributed by atoms with E-state index in [1.54, 1.807) is 0 Å². The number of imidazole rings is 1. The Morgan fingerprint density at radius 3 is 2.67 bits per heavy atom. The number of nitrogens with zero attached hydrogens (tertiary/aromatic N) is 2. The van der Waals surface area contributed by atoms with Crippen LogP contribution in [0.25, 0.3) is 0 Å². The highest BCUT2D eigenvalue weighted by Crippen LogP contribution is 2.21. The van der Waals surface area contributed by atoms with Gasteiger partial charge in [-0.1, -0.05) is 0 Å². The average Bonchev–Trinajstić information content (AvgIpc) is 2.46. The van der Waals surface area contributed by atoms with Crippen LogP contribution in [0.5, 0.6) is 0 Å². The smallest absolute Gasteiger partial charge is 0.353 e. The second kappa shape index (κ2) is 4.55. The van der Waals surface area contributed by atoms with Gasteiger partial charge in [-0.15, -0.1) is 0 Å².